The minimum atomic E-state index is -1.81. The topological polar surface area (TPSA) is 155 Å². The standard InChI is InChI=1S/C37H54O10/c1-22-32(40)27(44-5)20-31(45-22)46-26-14-15-33(3)25(19-26)13-16-36(42)28(33)21-29(47-30(39)12-11-24-9-7-6-8-10-24)34(4)35(41,23(2)38)17-18-37(34,36)43/h6-12,22-23,25-29,31-32,38,40-43H,13-21H2,1-5H3/t22-,23+,25+,26+,27+,28-,29-,31+,32-,33+,34-,35-,36+,37-/m1/s1. The van der Waals surface area contributed by atoms with E-state index in [9.17, 15) is 30.3 Å². The molecule has 5 aliphatic rings. The number of hydrogen-bond donors (Lipinski definition) is 5. The summed E-state index contributed by atoms with van der Waals surface area (Å²) in [5, 5.41) is 58.9. The third-order valence-corrected chi connectivity index (χ3v) is 13.6. The lowest BCUT2D eigenvalue weighted by atomic mass is 9.40. The summed E-state index contributed by atoms with van der Waals surface area (Å²) in [7, 11) is 1.58. The van der Waals surface area contributed by atoms with E-state index >= 15 is 0 Å². The second-order valence-electron chi connectivity index (χ2n) is 15.6. The molecule has 0 amide bonds. The van der Waals surface area contributed by atoms with Gasteiger partial charge in [0, 0.05) is 19.6 Å². The number of methoxy groups -OCH3 is 1. The van der Waals surface area contributed by atoms with E-state index in [1.807, 2.05) is 37.3 Å². The molecule has 0 bridgehead atoms. The highest BCUT2D eigenvalue weighted by atomic mass is 16.7. The Morgan fingerprint density at radius 1 is 1.02 bits per heavy atom. The molecular weight excluding hydrogens is 604 g/mol. The predicted octanol–water partition coefficient (Wildman–Crippen LogP) is 3.50. The molecule has 14 atom stereocenters. The first-order valence-corrected chi connectivity index (χ1v) is 17.4. The van der Waals surface area contributed by atoms with Crippen molar-refractivity contribution in [3.05, 3.63) is 42.0 Å². The smallest absolute Gasteiger partial charge is 0.331 e. The minimum Gasteiger partial charge on any atom is -0.458 e. The maximum absolute atomic E-state index is 13.4. The average molecular weight is 659 g/mol. The highest BCUT2D eigenvalue weighted by Gasteiger charge is 2.81. The minimum absolute atomic E-state index is 0.0631. The molecule has 10 nitrogen and oxygen atoms in total. The first kappa shape index (κ1) is 35.0. The zero-order valence-electron chi connectivity index (χ0n) is 28.4. The number of benzene rings is 1. The number of hydrogen-bond acceptors (Lipinski definition) is 10. The summed E-state index contributed by atoms with van der Waals surface area (Å²) in [6.45, 7) is 7.16. The van der Waals surface area contributed by atoms with Gasteiger partial charge in [-0.15, -0.1) is 0 Å². The number of esters is 1. The van der Waals surface area contributed by atoms with Crippen molar-refractivity contribution in [2.45, 2.75) is 145 Å². The molecule has 1 aromatic rings. The summed E-state index contributed by atoms with van der Waals surface area (Å²) in [5.74, 6) is -0.877. The maximum Gasteiger partial charge on any atom is 0.331 e. The summed E-state index contributed by atoms with van der Waals surface area (Å²) < 4.78 is 24.1. The average Bonchev–Trinajstić information content (AvgIpc) is 3.27. The van der Waals surface area contributed by atoms with E-state index in [-0.39, 0.29) is 37.4 Å². The molecule has 262 valence electrons. The largest absolute Gasteiger partial charge is 0.458 e. The fraction of sp³-hybridized carbons (Fsp3) is 0.757. The Bertz CT molecular complexity index is 1320. The Kier molecular flexibility index (Phi) is 9.27. The van der Waals surface area contributed by atoms with Crippen molar-refractivity contribution in [2.75, 3.05) is 7.11 Å². The van der Waals surface area contributed by atoms with Gasteiger partial charge >= 0.3 is 5.97 Å². The molecule has 1 heterocycles. The molecule has 4 saturated carbocycles. The summed E-state index contributed by atoms with van der Waals surface area (Å²) in [5.41, 5.74) is -6.28. The molecule has 10 heteroatoms. The van der Waals surface area contributed by atoms with Crippen LogP contribution in [0, 0.1) is 22.7 Å². The van der Waals surface area contributed by atoms with E-state index in [1.165, 1.54) is 13.0 Å². The summed E-state index contributed by atoms with van der Waals surface area (Å²) >= 11 is 0. The molecule has 5 N–H and O–H groups in total. The van der Waals surface area contributed by atoms with Crippen molar-refractivity contribution >= 4 is 12.0 Å². The predicted molar refractivity (Wildman–Crippen MR) is 173 cm³/mol. The second-order valence-corrected chi connectivity index (χ2v) is 15.6. The molecule has 5 fully saturated rings. The van der Waals surface area contributed by atoms with Crippen LogP contribution < -0.4 is 0 Å². The van der Waals surface area contributed by atoms with E-state index in [2.05, 4.69) is 6.92 Å². The Labute approximate surface area is 278 Å². The van der Waals surface area contributed by atoms with Crippen LogP contribution in [0.5, 0.6) is 0 Å². The Morgan fingerprint density at radius 3 is 2.43 bits per heavy atom. The Balaban J connectivity index is 1.27. The van der Waals surface area contributed by atoms with Crippen LogP contribution >= 0.6 is 0 Å². The summed E-state index contributed by atoms with van der Waals surface area (Å²) in [6.07, 6.45) is 2.71. The van der Waals surface area contributed by atoms with Gasteiger partial charge in [0.05, 0.1) is 35.4 Å². The number of carbonyl (C=O) groups is 1. The first-order chi connectivity index (χ1) is 22.1. The van der Waals surface area contributed by atoms with Gasteiger partial charge in [0.25, 0.3) is 0 Å². The third-order valence-electron chi connectivity index (χ3n) is 13.6. The van der Waals surface area contributed by atoms with Crippen molar-refractivity contribution in [3.8, 4) is 0 Å². The summed E-state index contributed by atoms with van der Waals surface area (Å²) in [4.78, 5) is 13.4. The highest BCUT2D eigenvalue weighted by Crippen LogP contribution is 2.72. The van der Waals surface area contributed by atoms with Crippen LogP contribution in [-0.4, -0.2) is 98.3 Å². The number of carbonyl (C=O) groups excluding carboxylic acids is 1. The SMILES string of the molecule is CO[C@H]1C[C@H](O[C@H]2CC[C@@]3(C)[C@@H](CC[C@]4(O)[C@@H]3C[C@@H](OC(=O)C=Cc3ccccc3)[C@@]3(C)[C@]4(O)CC[C@@]3(O)[C@H](C)O)C2)O[C@H](C)[C@H]1O. The van der Waals surface area contributed by atoms with E-state index in [0.717, 1.165) is 18.4 Å². The number of aliphatic hydroxyl groups is 5. The van der Waals surface area contributed by atoms with Gasteiger partial charge in [-0.05, 0) is 94.1 Å². The number of rotatable bonds is 7. The molecule has 0 radical (unpaired) electrons. The van der Waals surface area contributed by atoms with Crippen molar-refractivity contribution in [2.24, 2.45) is 22.7 Å². The molecule has 0 aromatic heterocycles. The third kappa shape index (κ3) is 5.33. The number of fused-ring (bicyclic) bond motifs is 5. The van der Waals surface area contributed by atoms with Gasteiger partial charge in [0.2, 0.25) is 0 Å². The van der Waals surface area contributed by atoms with Gasteiger partial charge < -0.3 is 44.5 Å². The lowest BCUT2D eigenvalue weighted by Gasteiger charge is -2.69. The van der Waals surface area contributed by atoms with Gasteiger partial charge in [-0.2, -0.15) is 0 Å². The monoisotopic (exact) mass is 658 g/mol. The number of ether oxygens (including phenoxy) is 4. The molecule has 6 rings (SSSR count). The van der Waals surface area contributed by atoms with Crippen molar-refractivity contribution in [1.29, 1.82) is 0 Å². The van der Waals surface area contributed by atoms with Crippen molar-refractivity contribution < 1.29 is 49.3 Å². The normalized spacial score (nSPS) is 48.7. The molecule has 1 aromatic carbocycles. The van der Waals surface area contributed by atoms with Crippen LogP contribution in [-0.2, 0) is 23.7 Å². The lowest BCUT2D eigenvalue weighted by molar-refractivity contribution is -0.343. The fourth-order valence-electron chi connectivity index (χ4n) is 10.7. The quantitative estimate of drug-likeness (QED) is 0.167. The molecule has 1 saturated heterocycles. The Hall–Kier alpha value is -1.89. The van der Waals surface area contributed by atoms with Gasteiger partial charge in [0.15, 0.2) is 6.29 Å². The van der Waals surface area contributed by atoms with Gasteiger partial charge in [-0.25, -0.2) is 4.79 Å². The van der Waals surface area contributed by atoms with E-state index < -0.39 is 70.2 Å². The molecule has 0 unspecified atom stereocenters. The summed E-state index contributed by atoms with van der Waals surface area (Å²) in [6, 6.07) is 9.38. The van der Waals surface area contributed by atoms with E-state index in [1.54, 1.807) is 20.1 Å². The number of aliphatic hydroxyl groups excluding tert-OH is 2. The van der Waals surface area contributed by atoms with Crippen LogP contribution in [0.1, 0.15) is 91.0 Å². The van der Waals surface area contributed by atoms with Crippen LogP contribution in [0.15, 0.2) is 36.4 Å². The fourth-order valence-corrected chi connectivity index (χ4v) is 10.7. The van der Waals surface area contributed by atoms with Crippen LogP contribution in [0.2, 0.25) is 0 Å². The van der Waals surface area contributed by atoms with E-state index in [4.69, 9.17) is 18.9 Å². The molecule has 0 spiro atoms. The highest BCUT2D eigenvalue weighted by molar-refractivity contribution is 5.87. The van der Waals surface area contributed by atoms with Crippen molar-refractivity contribution in [1.82, 2.24) is 0 Å². The zero-order valence-corrected chi connectivity index (χ0v) is 28.4. The van der Waals surface area contributed by atoms with Crippen LogP contribution in [0.3, 0.4) is 0 Å². The Morgan fingerprint density at radius 2 is 1.74 bits per heavy atom. The lowest BCUT2D eigenvalue weighted by Crippen LogP contribution is -2.79. The second kappa shape index (κ2) is 12.5. The molecule has 1 aliphatic heterocycles. The maximum atomic E-state index is 13.4. The molecule has 4 aliphatic carbocycles. The first-order valence-electron chi connectivity index (χ1n) is 17.4. The van der Waals surface area contributed by atoms with Crippen molar-refractivity contribution in [3.63, 3.8) is 0 Å². The van der Waals surface area contributed by atoms with Gasteiger partial charge in [-0.1, -0.05) is 44.2 Å². The zero-order chi connectivity index (χ0) is 34.0. The van der Waals surface area contributed by atoms with Crippen LogP contribution in [0.4, 0.5) is 0 Å². The molecular formula is C37H54O10. The van der Waals surface area contributed by atoms with Crippen LogP contribution in [0.25, 0.3) is 6.08 Å². The van der Waals surface area contributed by atoms with Gasteiger partial charge in [-0.3, -0.25) is 0 Å². The van der Waals surface area contributed by atoms with E-state index in [0.29, 0.717) is 25.7 Å². The molecule has 47 heavy (non-hydrogen) atoms. The van der Waals surface area contributed by atoms with Gasteiger partial charge in [0.1, 0.15) is 23.4 Å².